The molecule has 1 atom stereocenters. The maximum atomic E-state index is 11.8. The molecule has 94 valence electrons. The van der Waals surface area contributed by atoms with Crippen molar-refractivity contribution in [1.82, 2.24) is 4.90 Å². The Morgan fingerprint density at radius 2 is 2.18 bits per heavy atom. The summed E-state index contributed by atoms with van der Waals surface area (Å²) in [4.78, 5) is 23.8. The van der Waals surface area contributed by atoms with Gasteiger partial charge in [-0.1, -0.05) is 6.92 Å². The lowest BCUT2D eigenvalue weighted by atomic mass is 10.0. The van der Waals surface area contributed by atoms with Crippen molar-refractivity contribution >= 4 is 11.9 Å². The molecule has 1 unspecified atom stereocenters. The van der Waals surface area contributed by atoms with Gasteiger partial charge in [0.15, 0.2) is 0 Å². The molecule has 0 bridgehead atoms. The van der Waals surface area contributed by atoms with Crippen molar-refractivity contribution in [3.63, 3.8) is 0 Å². The summed E-state index contributed by atoms with van der Waals surface area (Å²) in [5, 5.41) is 8.61. The molecule has 1 heterocycles. The van der Waals surface area contributed by atoms with Gasteiger partial charge in [0, 0.05) is 32.0 Å². The second-order valence-electron chi connectivity index (χ2n) is 4.29. The highest BCUT2D eigenvalue weighted by Crippen LogP contribution is 2.11. The third-order valence-electron chi connectivity index (χ3n) is 2.47. The lowest BCUT2D eigenvalue weighted by molar-refractivity contribution is -0.138. The van der Waals surface area contributed by atoms with E-state index in [-0.39, 0.29) is 24.7 Å². The van der Waals surface area contributed by atoms with E-state index in [0.717, 1.165) is 5.56 Å². The summed E-state index contributed by atoms with van der Waals surface area (Å²) in [7, 11) is 1.70. The number of hydrogen-bond donors (Lipinski definition) is 1. The number of rotatable bonds is 6. The van der Waals surface area contributed by atoms with E-state index in [1.165, 1.54) is 0 Å². The summed E-state index contributed by atoms with van der Waals surface area (Å²) in [5.41, 5.74) is 0.923. The fraction of sp³-hybridized carbons (Fsp3) is 0.500. The lowest BCUT2D eigenvalue weighted by Gasteiger charge is -2.18. The minimum Gasteiger partial charge on any atom is -0.481 e. The van der Waals surface area contributed by atoms with Crippen molar-refractivity contribution in [3.8, 4) is 0 Å². The first kappa shape index (κ1) is 13.3. The van der Waals surface area contributed by atoms with Gasteiger partial charge in [0.2, 0.25) is 5.91 Å². The van der Waals surface area contributed by atoms with E-state index in [9.17, 15) is 9.59 Å². The zero-order valence-electron chi connectivity index (χ0n) is 10.0. The van der Waals surface area contributed by atoms with Crippen LogP contribution < -0.4 is 0 Å². The molecule has 0 aliphatic carbocycles. The Labute approximate surface area is 100 Å². The SMILES string of the molecule is CC(CC(=O)O)CC(=O)N(C)Cc1ccoc1. The van der Waals surface area contributed by atoms with Crippen LogP contribution in [0.5, 0.6) is 0 Å². The highest BCUT2D eigenvalue weighted by atomic mass is 16.4. The Morgan fingerprint density at radius 1 is 1.47 bits per heavy atom. The highest BCUT2D eigenvalue weighted by Gasteiger charge is 2.16. The van der Waals surface area contributed by atoms with Crippen LogP contribution in [-0.2, 0) is 16.1 Å². The molecule has 0 spiro atoms. The fourth-order valence-corrected chi connectivity index (χ4v) is 1.57. The monoisotopic (exact) mass is 239 g/mol. The highest BCUT2D eigenvalue weighted by molar-refractivity contribution is 5.77. The quantitative estimate of drug-likeness (QED) is 0.820. The van der Waals surface area contributed by atoms with Crippen LogP contribution in [0.15, 0.2) is 23.0 Å². The number of carbonyl (C=O) groups excluding carboxylic acids is 1. The smallest absolute Gasteiger partial charge is 0.303 e. The van der Waals surface area contributed by atoms with Gasteiger partial charge in [-0.05, 0) is 12.0 Å². The molecule has 1 amide bonds. The van der Waals surface area contributed by atoms with Crippen molar-refractivity contribution in [3.05, 3.63) is 24.2 Å². The number of hydrogen-bond acceptors (Lipinski definition) is 3. The molecule has 5 nitrogen and oxygen atoms in total. The first-order valence-corrected chi connectivity index (χ1v) is 5.46. The largest absolute Gasteiger partial charge is 0.481 e. The second-order valence-corrected chi connectivity index (χ2v) is 4.29. The Balaban J connectivity index is 2.39. The number of nitrogens with zero attached hydrogens (tertiary/aromatic N) is 1. The van der Waals surface area contributed by atoms with E-state index >= 15 is 0 Å². The maximum absolute atomic E-state index is 11.8. The normalized spacial score (nSPS) is 12.1. The number of carbonyl (C=O) groups is 2. The summed E-state index contributed by atoms with van der Waals surface area (Å²) in [6.07, 6.45) is 3.41. The minimum atomic E-state index is -0.872. The number of furan rings is 1. The third kappa shape index (κ3) is 4.72. The van der Waals surface area contributed by atoms with E-state index in [1.54, 1.807) is 37.5 Å². The fourth-order valence-electron chi connectivity index (χ4n) is 1.57. The predicted octanol–water partition coefficient (Wildman–Crippen LogP) is 1.74. The molecule has 0 aliphatic rings. The molecular formula is C12H17NO4. The van der Waals surface area contributed by atoms with Gasteiger partial charge in [0.05, 0.1) is 12.5 Å². The molecule has 1 aromatic heterocycles. The Hall–Kier alpha value is -1.78. The van der Waals surface area contributed by atoms with Gasteiger partial charge in [0.25, 0.3) is 0 Å². The molecule has 0 aliphatic heterocycles. The van der Waals surface area contributed by atoms with Gasteiger partial charge in [-0.2, -0.15) is 0 Å². The van der Waals surface area contributed by atoms with Crippen molar-refractivity contribution in [2.75, 3.05) is 7.05 Å². The van der Waals surface area contributed by atoms with Crippen molar-refractivity contribution in [2.24, 2.45) is 5.92 Å². The van der Waals surface area contributed by atoms with Crippen molar-refractivity contribution in [2.45, 2.75) is 26.3 Å². The maximum Gasteiger partial charge on any atom is 0.303 e. The first-order valence-electron chi connectivity index (χ1n) is 5.46. The van der Waals surface area contributed by atoms with Gasteiger partial charge in [0.1, 0.15) is 0 Å². The van der Waals surface area contributed by atoms with E-state index in [2.05, 4.69) is 0 Å². The van der Waals surface area contributed by atoms with Crippen molar-refractivity contribution < 1.29 is 19.1 Å². The van der Waals surface area contributed by atoms with Gasteiger partial charge in [-0.25, -0.2) is 0 Å². The lowest BCUT2D eigenvalue weighted by Crippen LogP contribution is -2.27. The van der Waals surface area contributed by atoms with Crippen LogP contribution in [0.3, 0.4) is 0 Å². The standard InChI is InChI=1S/C12H17NO4/c1-9(6-12(15)16)5-11(14)13(2)7-10-3-4-17-8-10/h3-4,8-9H,5-7H2,1-2H3,(H,15,16). The molecule has 0 saturated heterocycles. The molecule has 1 N–H and O–H groups in total. The molecule has 1 aromatic rings. The summed E-state index contributed by atoms with van der Waals surface area (Å²) in [5.74, 6) is -1.07. The van der Waals surface area contributed by atoms with Gasteiger partial charge in [-0.15, -0.1) is 0 Å². The van der Waals surface area contributed by atoms with Crippen LogP contribution in [-0.4, -0.2) is 28.9 Å². The van der Waals surface area contributed by atoms with Crippen LogP contribution in [0, 0.1) is 5.92 Å². The van der Waals surface area contributed by atoms with Crippen molar-refractivity contribution in [1.29, 1.82) is 0 Å². The molecule has 1 rings (SSSR count). The zero-order chi connectivity index (χ0) is 12.8. The predicted molar refractivity (Wildman–Crippen MR) is 61.2 cm³/mol. The van der Waals surface area contributed by atoms with Crippen LogP contribution >= 0.6 is 0 Å². The number of amides is 1. The summed E-state index contributed by atoms with van der Waals surface area (Å²) in [6.45, 7) is 2.24. The summed E-state index contributed by atoms with van der Waals surface area (Å²) >= 11 is 0. The van der Waals surface area contributed by atoms with E-state index in [4.69, 9.17) is 9.52 Å². The van der Waals surface area contributed by atoms with Crippen LogP contribution in [0.4, 0.5) is 0 Å². The van der Waals surface area contributed by atoms with Gasteiger partial charge < -0.3 is 14.4 Å². The molecule has 17 heavy (non-hydrogen) atoms. The Bertz CT molecular complexity index is 372. The Morgan fingerprint density at radius 3 is 2.71 bits per heavy atom. The third-order valence-corrected chi connectivity index (χ3v) is 2.47. The minimum absolute atomic E-state index is 0.0191. The first-order chi connectivity index (χ1) is 7.99. The van der Waals surface area contributed by atoms with Crippen LogP contribution in [0.2, 0.25) is 0 Å². The molecule has 0 saturated carbocycles. The molecule has 0 fully saturated rings. The number of aliphatic carboxylic acids is 1. The zero-order valence-corrected chi connectivity index (χ0v) is 10.0. The van der Waals surface area contributed by atoms with Gasteiger partial charge >= 0.3 is 5.97 Å². The van der Waals surface area contributed by atoms with Crippen LogP contribution in [0.25, 0.3) is 0 Å². The average Bonchev–Trinajstić information content (AvgIpc) is 2.68. The van der Waals surface area contributed by atoms with E-state index in [0.29, 0.717) is 6.54 Å². The molecule has 0 aromatic carbocycles. The average molecular weight is 239 g/mol. The van der Waals surface area contributed by atoms with Gasteiger partial charge in [-0.3, -0.25) is 9.59 Å². The van der Waals surface area contributed by atoms with Crippen LogP contribution in [0.1, 0.15) is 25.3 Å². The summed E-state index contributed by atoms with van der Waals surface area (Å²) in [6, 6.07) is 1.80. The molecule has 5 heteroatoms. The summed E-state index contributed by atoms with van der Waals surface area (Å²) < 4.78 is 4.91. The molecular weight excluding hydrogens is 222 g/mol. The second kappa shape index (κ2) is 6.08. The van der Waals surface area contributed by atoms with E-state index in [1.807, 2.05) is 0 Å². The Kier molecular flexibility index (Phi) is 4.75. The topological polar surface area (TPSA) is 70.8 Å². The van der Waals surface area contributed by atoms with E-state index < -0.39 is 5.97 Å². The number of carboxylic acid groups (broad SMARTS) is 1. The molecule has 0 radical (unpaired) electrons. The number of carboxylic acids is 1.